The highest BCUT2D eigenvalue weighted by Gasteiger charge is 2.41. The molecule has 2 aliphatic rings. The highest BCUT2D eigenvalue weighted by Crippen LogP contribution is 2.32. The molecule has 2 aromatic rings. The minimum Gasteiger partial charge on any atom is -0.534 e. The van der Waals surface area contributed by atoms with Gasteiger partial charge >= 0.3 is 30.9 Å². The topological polar surface area (TPSA) is 204 Å². The first kappa shape index (κ1) is 27.7. The number of carbonyl (C=O) groups is 5. The number of aromatic nitrogens is 1. The van der Waals surface area contributed by atoms with Crippen LogP contribution in [-0.4, -0.2) is 94.0 Å². The number of nitrogens with one attached hydrogen (secondary N) is 2. The summed E-state index contributed by atoms with van der Waals surface area (Å²) in [6.07, 6.45) is 1.06. The zero-order valence-corrected chi connectivity index (χ0v) is 20.7. The van der Waals surface area contributed by atoms with Crippen LogP contribution in [0, 0.1) is 5.82 Å². The second-order valence-electron chi connectivity index (χ2n) is 8.46. The van der Waals surface area contributed by atoms with Gasteiger partial charge in [0.25, 0.3) is 0 Å². The lowest BCUT2D eigenvalue weighted by atomic mass is 9.72. The van der Waals surface area contributed by atoms with Crippen molar-refractivity contribution in [1.29, 1.82) is 0 Å². The Morgan fingerprint density at radius 2 is 2.03 bits per heavy atom. The summed E-state index contributed by atoms with van der Waals surface area (Å²) in [7, 11) is -1.79. The van der Waals surface area contributed by atoms with E-state index in [1.807, 2.05) is 0 Å². The van der Waals surface area contributed by atoms with Crippen LogP contribution < -0.4 is 21.0 Å². The van der Waals surface area contributed by atoms with Crippen LogP contribution >= 0.6 is 11.3 Å². The maximum atomic E-state index is 14.0. The Morgan fingerprint density at radius 3 is 2.67 bits per heavy atom. The number of benzene rings is 1. The van der Waals surface area contributed by atoms with E-state index in [1.165, 1.54) is 12.3 Å². The van der Waals surface area contributed by atoms with Crippen LogP contribution in [0.15, 0.2) is 18.3 Å². The Hall–Kier alpha value is -4.32. The number of piperazine rings is 1. The van der Waals surface area contributed by atoms with Crippen molar-refractivity contribution in [3.05, 3.63) is 40.2 Å². The summed E-state index contributed by atoms with van der Waals surface area (Å²) in [5.41, 5.74) is 5.09. The summed E-state index contributed by atoms with van der Waals surface area (Å²) in [6.45, 7) is -1.52. The van der Waals surface area contributed by atoms with Gasteiger partial charge in [-0.15, -0.1) is 0 Å². The van der Waals surface area contributed by atoms with Crippen LogP contribution in [-0.2, 0) is 20.8 Å². The number of nitrogens with two attached hydrogens (primary N) is 1. The second-order valence-corrected chi connectivity index (χ2v) is 9.56. The molecule has 4 rings (SSSR count). The van der Waals surface area contributed by atoms with E-state index in [0.717, 1.165) is 22.3 Å². The number of amides is 5. The van der Waals surface area contributed by atoms with E-state index in [2.05, 4.69) is 15.6 Å². The number of alkyl halides is 1. The first-order valence-corrected chi connectivity index (χ1v) is 12.2. The number of halogens is 2. The molecule has 1 saturated heterocycles. The molecule has 5 amide bonds. The van der Waals surface area contributed by atoms with Crippen molar-refractivity contribution in [3.8, 4) is 5.75 Å². The van der Waals surface area contributed by atoms with Crippen LogP contribution in [0.5, 0.6) is 5.75 Å². The molecular weight excluding hydrogens is 545 g/mol. The van der Waals surface area contributed by atoms with Crippen molar-refractivity contribution >= 4 is 53.3 Å². The second kappa shape index (κ2) is 11.2. The third-order valence-corrected chi connectivity index (χ3v) is 6.91. The van der Waals surface area contributed by atoms with Crippen LogP contribution in [0.1, 0.15) is 26.8 Å². The lowest BCUT2D eigenvalue weighted by Crippen LogP contribution is -2.60. The van der Waals surface area contributed by atoms with Gasteiger partial charge in [-0.25, -0.2) is 23.4 Å². The number of nitrogen functional groups attached to an aromatic ring is 1. The summed E-state index contributed by atoms with van der Waals surface area (Å²) in [4.78, 5) is 67.8. The van der Waals surface area contributed by atoms with Crippen molar-refractivity contribution in [2.75, 3.05) is 32.0 Å². The third kappa shape index (κ3) is 5.60. The maximum absolute atomic E-state index is 14.0. The average molecular weight is 566 g/mol. The number of thiazole rings is 1. The van der Waals surface area contributed by atoms with Crippen molar-refractivity contribution in [2.24, 2.45) is 0 Å². The monoisotopic (exact) mass is 566 g/mol. The Labute approximate surface area is 222 Å². The van der Waals surface area contributed by atoms with Crippen LogP contribution in [0.2, 0.25) is 0 Å². The van der Waals surface area contributed by atoms with E-state index in [9.17, 15) is 42.9 Å². The quantitative estimate of drug-likeness (QED) is 0.206. The van der Waals surface area contributed by atoms with E-state index in [-0.39, 0.29) is 47.4 Å². The lowest BCUT2D eigenvalue weighted by Gasteiger charge is -2.33. The standard InChI is InChI=1S/C21H21BF2N6O8S/c23-3-4-29-5-6-30(18(33)17(29)32)21(36)28-14(11-8-26-20(25)39-11)16(31)27-12-7-9-1-2-10(24)13(19(34)35)15(9)38-22(12)37/h1-2,8,12,14,37H,3-7H2,(H2,25,26)(H,27,31)(H,28,36)(H,34,35)/t12-,14?/m0/s1. The molecule has 1 aromatic carbocycles. The number of anilines is 1. The molecule has 6 N–H and O–H groups in total. The number of carboxylic acids is 1. The highest BCUT2D eigenvalue weighted by molar-refractivity contribution is 7.15. The molecule has 3 heterocycles. The average Bonchev–Trinajstić information content (AvgIpc) is 3.31. The summed E-state index contributed by atoms with van der Waals surface area (Å²) < 4.78 is 31.9. The molecule has 0 spiro atoms. The smallest absolute Gasteiger partial charge is 0.534 e. The summed E-state index contributed by atoms with van der Waals surface area (Å²) in [5.74, 6) is -7.38. The van der Waals surface area contributed by atoms with Gasteiger partial charge in [-0.2, -0.15) is 0 Å². The molecule has 206 valence electrons. The molecule has 14 nitrogen and oxygen atoms in total. The summed E-state index contributed by atoms with van der Waals surface area (Å²) in [6, 6.07) is -0.420. The molecule has 2 aliphatic heterocycles. The van der Waals surface area contributed by atoms with E-state index >= 15 is 0 Å². The molecule has 18 heteroatoms. The van der Waals surface area contributed by atoms with Gasteiger partial charge in [0, 0.05) is 25.8 Å². The van der Waals surface area contributed by atoms with E-state index in [1.54, 1.807) is 0 Å². The maximum Gasteiger partial charge on any atom is 0.547 e. The predicted molar refractivity (Wildman–Crippen MR) is 130 cm³/mol. The first-order chi connectivity index (χ1) is 18.5. The number of aromatic carboxylic acids is 1. The van der Waals surface area contributed by atoms with Crippen LogP contribution in [0.4, 0.5) is 18.7 Å². The minimum atomic E-state index is -1.79. The van der Waals surface area contributed by atoms with Crippen molar-refractivity contribution in [2.45, 2.75) is 18.4 Å². The van der Waals surface area contributed by atoms with E-state index in [4.69, 9.17) is 10.4 Å². The Morgan fingerprint density at radius 1 is 1.28 bits per heavy atom. The van der Waals surface area contributed by atoms with Gasteiger partial charge < -0.3 is 36.1 Å². The number of hydrogen-bond donors (Lipinski definition) is 5. The number of hydrogen-bond acceptors (Lipinski definition) is 10. The minimum absolute atomic E-state index is 0.0568. The van der Waals surface area contributed by atoms with Crippen molar-refractivity contribution in [1.82, 2.24) is 25.4 Å². The van der Waals surface area contributed by atoms with Crippen molar-refractivity contribution < 1.29 is 47.5 Å². The number of fused-ring (bicyclic) bond motifs is 1. The molecule has 39 heavy (non-hydrogen) atoms. The van der Waals surface area contributed by atoms with Crippen molar-refractivity contribution in [3.63, 3.8) is 0 Å². The van der Waals surface area contributed by atoms with Gasteiger partial charge in [0.05, 0.1) is 10.8 Å². The molecule has 0 saturated carbocycles. The van der Waals surface area contributed by atoms with Gasteiger partial charge in [0.1, 0.15) is 29.8 Å². The van der Waals surface area contributed by atoms with E-state index < -0.39 is 66.9 Å². The predicted octanol–water partition coefficient (Wildman–Crippen LogP) is -0.907. The fourth-order valence-electron chi connectivity index (χ4n) is 4.11. The first-order valence-electron chi connectivity index (χ1n) is 11.4. The van der Waals surface area contributed by atoms with Gasteiger partial charge in [0.15, 0.2) is 5.13 Å². The van der Waals surface area contributed by atoms with Gasteiger partial charge in [-0.3, -0.25) is 19.3 Å². The number of nitrogens with zero attached hydrogens (tertiary/aromatic N) is 3. The third-order valence-electron chi connectivity index (χ3n) is 6.02. The zero-order valence-electron chi connectivity index (χ0n) is 19.9. The van der Waals surface area contributed by atoms with E-state index in [0.29, 0.717) is 4.90 Å². The zero-order chi connectivity index (χ0) is 28.4. The lowest BCUT2D eigenvalue weighted by molar-refractivity contribution is -0.153. The van der Waals surface area contributed by atoms with Gasteiger partial charge in [-0.05, 0) is 18.1 Å². The van der Waals surface area contributed by atoms with Gasteiger partial charge in [-0.1, -0.05) is 17.4 Å². The summed E-state index contributed by atoms with van der Waals surface area (Å²) in [5, 5.41) is 24.6. The fourth-order valence-corrected chi connectivity index (χ4v) is 4.85. The molecule has 0 radical (unpaired) electrons. The number of carbonyl (C=O) groups excluding carboxylic acids is 4. The highest BCUT2D eigenvalue weighted by atomic mass is 32.1. The largest absolute Gasteiger partial charge is 0.547 e. The number of carboxylic acid groups (broad SMARTS) is 1. The number of imide groups is 1. The van der Waals surface area contributed by atoms with Gasteiger partial charge in [0.2, 0.25) is 5.91 Å². The number of rotatable bonds is 7. The molecule has 1 aromatic heterocycles. The molecule has 1 unspecified atom stereocenters. The summed E-state index contributed by atoms with van der Waals surface area (Å²) >= 11 is 0.849. The molecule has 1 fully saturated rings. The SMILES string of the molecule is Nc1ncc(C(NC(=O)N2CCN(CCF)C(=O)C2=O)C(=O)N[C@H]2Cc3ccc(F)c(C(=O)O)c3OB2O)s1. The van der Waals surface area contributed by atoms with Crippen LogP contribution in [0.3, 0.4) is 0 Å². The molecule has 0 aliphatic carbocycles. The molecule has 0 bridgehead atoms. The molecular formula is C21H21BF2N6O8S. The van der Waals surface area contributed by atoms with Crippen LogP contribution in [0.25, 0.3) is 0 Å². The number of urea groups is 1. The Bertz CT molecular complexity index is 1350. The Kier molecular flexibility index (Phi) is 7.96. The molecule has 2 atom stereocenters. The fraction of sp³-hybridized carbons (Fsp3) is 0.333. The normalized spacial score (nSPS) is 17.8. The Balaban J connectivity index is 1.52.